The number of nitrogens with zero attached hydrogens (tertiary/aromatic N) is 4. The minimum absolute atomic E-state index is 0.0435. The maximum absolute atomic E-state index is 12.5. The van der Waals surface area contributed by atoms with Crippen molar-refractivity contribution in [1.82, 2.24) is 25.0 Å². The Hall–Kier alpha value is -2.22. The SMILES string of the molecule is Cc1nc(CN2C(=O)C[C@H]3[C@@H]2CCN3C(=O)c2ccn[nH]2)cs1. The summed E-state index contributed by atoms with van der Waals surface area (Å²) in [7, 11) is 0. The number of amides is 2. The Morgan fingerprint density at radius 2 is 2.35 bits per heavy atom. The van der Waals surface area contributed by atoms with Gasteiger partial charge in [0.2, 0.25) is 5.91 Å². The van der Waals surface area contributed by atoms with Crippen molar-refractivity contribution >= 4 is 23.2 Å². The van der Waals surface area contributed by atoms with Crippen molar-refractivity contribution in [3.05, 3.63) is 34.0 Å². The molecule has 0 unspecified atom stereocenters. The summed E-state index contributed by atoms with van der Waals surface area (Å²) in [5.41, 5.74) is 1.41. The number of aryl methyl sites for hydroxylation is 1. The van der Waals surface area contributed by atoms with Crippen LogP contribution in [0.15, 0.2) is 17.6 Å². The molecule has 0 spiro atoms. The summed E-state index contributed by atoms with van der Waals surface area (Å²) in [6, 6.07) is 1.72. The fourth-order valence-corrected chi connectivity index (χ4v) is 4.17. The average Bonchev–Trinajstić information content (AvgIpc) is 3.27. The zero-order chi connectivity index (χ0) is 16.0. The number of thiazole rings is 1. The smallest absolute Gasteiger partial charge is 0.272 e. The fraction of sp³-hybridized carbons (Fsp3) is 0.467. The van der Waals surface area contributed by atoms with Crippen LogP contribution in [0, 0.1) is 6.92 Å². The van der Waals surface area contributed by atoms with Gasteiger partial charge in [0.05, 0.1) is 29.3 Å². The number of fused-ring (bicyclic) bond motifs is 1. The van der Waals surface area contributed by atoms with Gasteiger partial charge in [0, 0.05) is 24.5 Å². The topological polar surface area (TPSA) is 82.2 Å². The fourth-order valence-electron chi connectivity index (χ4n) is 3.57. The van der Waals surface area contributed by atoms with Gasteiger partial charge < -0.3 is 9.80 Å². The van der Waals surface area contributed by atoms with Gasteiger partial charge in [0.1, 0.15) is 5.69 Å². The number of aromatic nitrogens is 3. The first kappa shape index (κ1) is 14.4. The molecule has 2 atom stereocenters. The van der Waals surface area contributed by atoms with Gasteiger partial charge >= 0.3 is 0 Å². The maximum Gasteiger partial charge on any atom is 0.272 e. The molecule has 0 aromatic carbocycles. The second-order valence-electron chi connectivity index (χ2n) is 5.98. The number of nitrogens with one attached hydrogen (secondary N) is 1. The van der Waals surface area contributed by atoms with Gasteiger partial charge in [0.25, 0.3) is 5.91 Å². The summed E-state index contributed by atoms with van der Waals surface area (Å²) < 4.78 is 0. The molecule has 2 aromatic heterocycles. The van der Waals surface area contributed by atoms with Crippen molar-refractivity contribution in [3.63, 3.8) is 0 Å². The molecule has 2 saturated heterocycles. The quantitative estimate of drug-likeness (QED) is 0.916. The number of carbonyl (C=O) groups excluding carboxylic acids is 2. The zero-order valence-electron chi connectivity index (χ0n) is 12.7. The molecule has 0 saturated carbocycles. The summed E-state index contributed by atoms with van der Waals surface area (Å²) in [4.78, 5) is 33.1. The highest BCUT2D eigenvalue weighted by Gasteiger charge is 2.48. The van der Waals surface area contributed by atoms with Crippen molar-refractivity contribution in [2.45, 2.75) is 38.4 Å². The molecule has 1 N–H and O–H groups in total. The summed E-state index contributed by atoms with van der Waals surface area (Å²) in [6.45, 7) is 3.17. The lowest BCUT2D eigenvalue weighted by Crippen LogP contribution is -2.39. The molecule has 120 valence electrons. The highest BCUT2D eigenvalue weighted by Crippen LogP contribution is 2.34. The van der Waals surface area contributed by atoms with Crippen LogP contribution in [-0.4, -0.2) is 55.4 Å². The molecule has 4 heterocycles. The number of likely N-dealkylation sites (tertiary alicyclic amines) is 2. The third-order valence-corrected chi connectivity index (χ3v) is 5.43. The van der Waals surface area contributed by atoms with Gasteiger partial charge in [-0.25, -0.2) is 4.98 Å². The number of aromatic amines is 1. The van der Waals surface area contributed by atoms with E-state index in [0.717, 1.165) is 17.1 Å². The van der Waals surface area contributed by atoms with Gasteiger partial charge in [-0.2, -0.15) is 5.10 Å². The van der Waals surface area contributed by atoms with Crippen LogP contribution in [0.5, 0.6) is 0 Å². The van der Waals surface area contributed by atoms with Crippen LogP contribution in [0.3, 0.4) is 0 Å². The third-order valence-electron chi connectivity index (χ3n) is 4.61. The van der Waals surface area contributed by atoms with Crippen LogP contribution in [-0.2, 0) is 11.3 Å². The van der Waals surface area contributed by atoms with Gasteiger partial charge in [-0.3, -0.25) is 14.7 Å². The molecular weight excluding hydrogens is 314 g/mol. The van der Waals surface area contributed by atoms with Crippen molar-refractivity contribution in [3.8, 4) is 0 Å². The Morgan fingerprint density at radius 3 is 3.04 bits per heavy atom. The second-order valence-corrected chi connectivity index (χ2v) is 7.04. The van der Waals surface area contributed by atoms with Crippen LogP contribution < -0.4 is 0 Å². The summed E-state index contributed by atoms with van der Waals surface area (Å²) in [5.74, 6) is 0.0296. The lowest BCUT2D eigenvalue weighted by atomic mass is 10.1. The monoisotopic (exact) mass is 331 g/mol. The van der Waals surface area contributed by atoms with Gasteiger partial charge in [0.15, 0.2) is 0 Å². The second kappa shape index (κ2) is 5.45. The minimum Gasteiger partial charge on any atom is -0.332 e. The first-order valence-corrected chi connectivity index (χ1v) is 8.52. The molecule has 23 heavy (non-hydrogen) atoms. The van der Waals surface area contributed by atoms with E-state index in [1.54, 1.807) is 23.6 Å². The van der Waals surface area contributed by atoms with Gasteiger partial charge in [-0.15, -0.1) is 11.3 Å². The van der Waals surface area contributed by atoms with E-state index in [-0.39, 0.29) is 23.9 Å². The number of hydrogen-bond acceptors (Lipinski definition) is 5. The maximum atomic E-state index is 12.5. The highest BCUT2D eigenvalue weighted by molar-refractivity contribution is 7.09. The van der Waals surface area contributed by atoms with E-state index < -0.39 is 0 Å². The third kappa shape index (κ3) is 2.42. The summed E-state index contributed by atoms with van der Waals surface area (Å²) in [6.07, 6.45) is 2.78. The Bertz CT molecular complexity index is 741. The van der Waals surface area contributed by atoms with E-state index in [0.29, 0.717) is 25.2 Å². The zero-order valence-corrected chi connectivity index (χ0v) is 13.5. The molecule has 4 rings (SSSR count). The summed E-state index contributed by atoms with van der Waals surface area (Å²) >= 11 is 1.59. The van der Waals surface area contributed by atoms with Crippen LogP contribution in [0.25, 0.3) is 0 Å². The predicted molar refractivity (Wildman–Crippen MR) is 83.8 cm³/mol. The van der Waals surface area contributed by atoms with E-state index >= 15 is 0 Å². The first-order valence-electron chi connectivity index (χ1n) is 7.64. The van der Waals surface area contributed by atoms with E-state index in [1.807, 2.05) is 22.1 Å². The Morgan fingerprint density at radius 1 is 1.48 bits per heavy atom. The van der Waals surface area contributed by atoms with Gasteiger partial charge in [-0.1, -0.05) is 0 Å². The van der Waals surface area contributed by atoms with Crippen LogP contribution >= 0.6 is 11.3 Å². The lowest BCUT2D eigenvalue weighted by molar-refractivity contribution is -0.129. The van der Waals surface area contributed by atoms with E-state index in [9.17, 15) is 9.59 Å². The minimum atomic E-state index is -0.0749. The van der Waals surface area contributed by atoms with E-state index in [2.05, 4.69) is 15.2 Å². The standard InChI is InChI=1S/C15H17N5O2S/c1-9-17-10(8-23-9)7-20-12-3-5-19(13(12)6-14(20)21)15(22)11-2-4-16-18-11/h2,4,8,12-13H,3,5-7H2,1H3,(H,16,18)/t12-,13-/m0/s1. The Kier molecular flexibility index (Phi) is 3.41. The Labute approximate surface area is 137 Å². The highest BCUT2D eigenvalue weighted by atomic mass is 32.1. The van der Waals surface area contributed by atoms with E-state index in [4.69, 9.17) is 0 Å². The van der Waals surface area contributed by atoms with Crippen molar-refractivity contribution in [2.24, 2.45) is 0 Å². The predicted octanol–water partition coefficient (Wildman–Crippen LogP) is 1.19. The molecule has 0 aliphatic carbocycles. The largest absolute Gasteiger partial charge is 0.332 e. The normalized spacial score (nSPS) is 23.6. The molecule has 2 aromatic rings. The van der Waals surface area contributed by atoms with E-state index in [1.165, 1.54) is 0 Å². The number of H-pyrrole nitrogens is 1. The summed E-state index contributed by atoms with van der Waals surface area (Å²) in [5, 5.41) is 9.55. The van der Waals surface area contributed by atoms with Gasteiger partial charge in [-0.05, 0) is 19.4 Å². The number of carbonyl (C=O) groups is 2. The van der Waals surface area contributed by atoms with Crippen molar-refractivity contribution < 1.29 is 9.59 Å². The molecule has 8 heteroatoms. The first-order chi connectivity index (χ1) is 11.1. The molecular formula is C15H17N5O2S. The molecule has 2 aliphatic heterocycles. The molecule has 2 fully saturated rings. The van der Waals surface area contributed by atoms with Crippen LogP contribution in [0.1, 0.15) is 34.0 Å². The molecule has 7 nitrogen and oxygen atoms in total. The Balaban J connectivity index is 1.52. The number of hydrogen-bond donors (Lipinski definition) is 1. The van der Waals surface area contributed by atoms with Crippen molar-refractivity contribution in [2.75, 3.05) is 6.54 Å². The molecule has 0 bridgehead atoms. The molecule has 0 radical (unpaired) electrons. The van der Waals surface area contributed by atoms with Crippen LogP contribution in [0.2, 0.25) is 0 Å². The van der Waals surface area contributed by atoms with Crippen molar-refractivity contribution in [1.29, 1.82) is 0 Å². The molecule has 2 aliphatic rings. The molecule has 2 amide bonds. The lowest BCUT2D eigenvalue weighted by Gasteiger charge is -2.24. The average molecular weight is 331 g/mol. The van der Waals surface area contributed by atoms with Crippen LogP contribution in [0.4, 0.5) is 0 Å². The number of rotatable bonds is 3.